The van der Waals surface area contributed by atoms with Crippen molar-refractivity contribution in [3.05, 3.63) is 11.7 Å². The zero-order valence-electron chi connectivity index (χ0n) is 11.0. The average molecular weight is 255 g/mol. The van der Waals surface area contributed by atoms with Crippen LogP contribution in [0.25, 0.3) is 0 Å². The van der Waals surface area contributed by atoms with E-state index in [1.165, 1.54) is 0 Å². The second-order valence-electron chi connectivity index (χ2n) is 4.65. The first-order chi connectivity index (χ1) is 8.81. The lowest BCUT2D eigenvalue weighted by Gasteiger charge is -2.07. The van der Waals surface area contributed by atoms with Crippen LogP contribution in [-0.2, 0) is 15.9 Å². The molecular formula is C12H21N3O3. The topological polar surface area (TPSA) is 69.4 Å². The number of rotatable bonds is 7. The molecule has 6 nitrogen and oxygen atoms in total. The van der Waals surface area contributed by atoms with E-state index in [2.05, 4.69) is 22.4 Å². The van der Waals surface area contributed by atoms with Gasteiger partial charge in [-0.25, -0.2) is 0 Å². The molecule has 0 amide bonds. The Morgan fingerprint density at radius 2 is 2.22 bits per heavy atom. The Morgan fingerprint density at radius 3 is 2.94 bits per heavy atom. The Hall–Kier alpha value is -0.980. The Kier molecular flexibility index (Phi) is 5.10. The molecule has 1 N–H and O–H groups in total. The highest BCUT2D eigenvalue weighted by Gasteiger charge is 2.29. The number of ether oxygens (including phenoxy) is 2. The van der Waals surface area contributed by atoms with Crippen LogP contribution in [0.2, 0.25) is 0 Å². The second kappa shape index (κ2) is 6.82. The lowest BCUT2D eigenvalue weighted by atomic mass is 9.98. The summed E-state index contributed by atoms with van der Waals surface area (Å²) in [6.45, 7) is 5.95. The van der Waals surface area contributed by atoms with Crippen LogP contribution in [0.4, 0.5) is 0 Å². The molecule has 2 atom stereocenters. The van der Waals surface area contributed by atoms with Crippen LogP contribution < -0.4 is 5.32 Å². The fourth-order valence-corrected chi connectivity index (χ4v) is 2.07. The van der Waals surface area contributed by atoms with E-state index in [4.69, 9.17) is 14.0 Å². The van der Waals surface area contributed by atoms with Gasteiger partial charge in [-0.3, -0.25) is 0 Å². The normalized spacial score (nSPS) is 23.7. The first-order valence-electron chi connectivity index (χ1n) is 6.41. The molecule has 6 heteroatoms. The maximum atomic E-state index is 5.37. The highest BCUT2D eigenvalue weighted by Crippen LogP contribution is 2.26. The van der Waals surface area contributed by atoms with Gasteiger partial charge >= 0.3 is 0 Å². The fourth-order valence-electron chi connectivity index (χ4n) is 2.07. The van der Waals surface area contributed by atoms with Crippen LogP contribution in [0.15, 0.2) is 4.52 Å². The third-order valence-electron chi connectivity index (χ3n) is 3.22. The predicted octanol–water partition coefficient (Wildman–Crippen LogP) is 0.598. The van der Waals surface area contributed by atoms with Gasteiger partial charge in [-0.15, -0.1) is 0 Å². The van der Waals surface area contributed by atoms with Gasteiger partial charge in [-0.05, 0) is 12.5 Å². The Labute approximate surface area is 107 Å². The Balaban J connectivity index is 1.75. The SMILES string of the molecule is COCCOCCc1noc(C2CNCC2C)n1. The number of aromatic nitrogens is 2. The van der Waals surface area contributed by atoms with Crippen molar-refractivity contribution in [3.8, 4) is 0 Å². The van der Waals surface area contributed by atoms with E-state index in [1.54, 1.807) is 7.11 Å². The molecule has 0 spiro atoms. The van der Waals surface area contributed by atoms with Crippen molar-refractivity contribution in [1.82, 2.24) is 15.5 Å². The third-order valence-corrected chi connectivity index (χ3v) is 3.22. The van der Waals surface area contributed by atoms with E-state index in [0.717, 1.165) is 24.8 Å². The molecule has 2 unspecified atom stereocenters. The second-order valence-corrected chi connectivity index (χ2v) is 4.65. The summed E-state index contributed by atoms with van der Waals surface area (Å²) in [5.74, 6) is 2.37. The molecule has 0 aromatic carbocycles. The molecule has 0 saturated carbocycles. The minimum Gasteiger partial charge on any atom is -0.382 e. The summed E-state index contributed by atoms with van der Waals surface area (Å²) >= 11 is 0. The van der Waals surface area contributed by atoms with E-state index in [1.807, 2.05) is 0 Å². The number of methoxy groups -OCH3 is 1. The molecule has 1 aliphatic heterocycles. The molecule has 18 heavy (non-hydrogen) atoms. The molecule has 2 rings (SSSR count). The van der Waals surface area contributed by atoms with E-state index in [-0.39, 0.29) is 0 Å². The van der Waals surface area contributed by atoms with E-state index in [9.17, 15) is 0 Å². The van der Waals surface area contributed by atoms with Crippen molar-refractivity contribution in [1.29, 1.82) is 0 Å². The van der Waals surface area contributed by atoms with Gasteiger partial charge in [0.2, 0.25) is 5.89 Å². The van der Waals surface area contributed by atoms with Crippen molar-refractivity contribution in [3.63, 3.8) is 0 Å². The van der Waals surface area contributed by atoms with E-state index in [0.29, 0.717) is 38.1 Å². The first-order valence-corrected chi connectivity index (χ1v) is 6.41. The monoisotopic (exact) mass is 255 g/mol. The van der Waals surface area contributed by atoms with Gasteiger partial charge in [-0.1, -0.05) is 12.1 Å². The van der Waals surface area contributed by atoms with Crippen LogP contribution in [-0.4, -0.2) is 50.2 Å². The van der Waals surface area contributed by atoms with Gasteiger partial charge in [0, 0.05) is 20.1 Å². The molecule has 1 aromatic rings. The maximum Gasteiger partial charge on any atom is 0.231 e. The van der Waals surface area contributed by atoms with Gasteiger partial charge in [0.25, 0.3) is 0 Å². The molecule has 0 radical (unpaired) electrons. The predicted molar refractivity (Wildman–Crippen MR) is 65.5 cm³/mol. The lowest BCUT2D eigenvalue weighted by Crippen LogP contribution is -2.09. The van der Waals surface area contributed by atoms with Gasteiger partial charge < -0.3 is 19.3 Å². The van der Waals surface area contributed by atoms with Crippen LogP contribution in [0.3, 0.4) is 0 Å². The standard InChI is InChI=1S/C12H21N3O3/c1-9-7-13-8-10(9)12-14-11(15-18-12)3-4-17-6-5-16-2/h9-10,13H,3-8H2,1-2H3. The maximum absolute atomic E-state index is 5.37. The zero-order chi connectivity index (χ0) is 12.8. The smallest absolute Gasteiger partial charge is 0.231 e. The van der Waals surface area contributed by atoms with Crippen molar-refractivity contribution in [2.45, 2.75) is 19.3 Å². The minimum absolute atomic E-state index is 0.348. The molecule has 1 saturated heterocycles. The molecule has 1 aliphatic rings. The van der Waals surface area contributed by atoms with Crippen molar-refractivity contribution in [2.24, 2.45) is 5.92 Å². The lowest BCUT2D eigenvalue weighted by molar-refractivity contribution is 0.0714. The van der Waals surface area contributed by atoms with Crippen molar-refractivity contribution in [2.75, 3.05) is 40.0 Å². The molecule has 1 aromatic heterocycles. The molecule has 2 heterocycles. The summed E-state index contributed by atoms with van der Waals surface area (Å²) < 4.78 is 15.6. The van der Waals surface area contributed by atoms with E-state index < -0.39 is 0 Å². The van der Waals surface area contributed by atoms with Gasteiger partial charge in [0.15, 0.2) is 5.82 Å². The summed E-state index contributed by atoms with van der Waals surface area (Å²) in [5, 5.41) is 7.32. The number of nitrogens with one attached hydrogen (secondary N) is 1. The van der Waals surface area contributed by atoms with Crippen molar-refractivity contribution >= 4 is 0 Å². The quantitative estimate of drug-likeness (QED) is 0.719. The number of hydrogen-bond donors (Lipinski definition) is 1. The zero-order valence-corrected chi connectivity index (χ0v) is 11.0. The Morgan fingerprint density at radius 1 is 1.33 bits per heavy atom. The fraction of sp³-hybridized carbons (Fsp3) is 0.833. The van der Waals surface area contributed by atoms with Gasteiger partial charge in [0.05, 0.1) is 25.7 Å². The first kappa shape index (κ1) is 13.5. The summed E-state index contributed by atoms with van der Waals surface area (Å²) in [6.07, 6.45) is 0.682. The van der Waals surface area contributed by atoms with E-state index >= 15 is 0 Å². The molecule has 0 bridgehead atoms. The largest absolute Gasteiger partial charge is 0.382 e. The minimum atomic E-state index is 0.348. The molecule has 102 valence electrons. The van der Waals surface area contributed by atoms with Crippen LogP contribution in [0.5, 0.6) is 0 Å². The van der Waals surface area contributed by atoms with Gasteiger partial charge in [0.1, 0.15) is 0 Å². The molecular weight excluding hydrogens is 234 g/mol. The molecule has 1 fully saturated rings. The summed E-state index contributed by atoms with van der Waals surface area (Å²) in [7, 11) is 1.66. The van der Waals surface area contributed by atoms with Crippen LogP contribution >= 0.6 is 0 Å². The van der Waals surface area contributed by atoms with Crippen molar-refractivity contribution < 1.29 is 14.0 Å². The number of hydrogen-bond acceptors (Lipinski definition) is 6. The van der Waals surface area contributed by atoms with Gasteiger partial charge in [-0.2, -0.15) is 4.98 Å². The van der Waals surface area contributed by atoms with Crippen LogP contribution in [0.1, 0.15) is 24.6 Å². The van der Waals surface area contributed by atoms with Crippen LogP contribution in [0, 0.1) is 5.92 Å². The summed E-state index contributed by atoms with van der Waals surface area (Å²) in [6, 6.07) is 0. The summed E-state index contributed by atoms with van der Waals surface area (Å²) in [4.78, 5) is 4.43. The summed E-state index contributed by atoms with van der Waals surface area (Å²) in [5.41, 5.74) is 0. The Bertz CT molecular complexity index is 356. The third kappa shape index (κ3) is 3.51. The highest BCUT2D eigenvalue weighted by atomic mass is 16.5. The number of nitrogens with zero attached hydrogens (tertiary/aromatic N) is 2. The average Bonchev–Trinajstić information content (AvgIpc) is 2.97. The highest BCUT2D eigenvalue weighted by molar-refractivity contribution is 5.00. The molecule has 0 aliphatic carbocycles.